The molecule has 2 aliphatic heterocycles. The molecule has 4 amide bonds. The summed E-state index contributed by atoms with van der Waals surface area (Å²) < 4.78 is 98.1. The second kappa shape index (κ2) is 15.7. The van der Waals surface area contributed by atoms with Gasteiger partial charge in [-0.15, -0.1) is 0 Å². The lowest BCUT2D eigenvalue weighted by Gasteiger charge is -2.46. The molecule has 14 nitrogen and oxygen atoms in total. The van der Waals surface area contributed by atoms with Crippen LogP contribution in [0.15, 0.2) is 36.5 Å². The monoisotopic (exact) mass is 853 g/mol. The lowest BCUT2D eigenvalue weighted by atomic mass is 9.82. The van der Waals surface area contributed by atoms with Gasteiger partial charge in [-0.3, -0.25) is 24.0 Å². The number of rotatable bonds is 9. The van der Waals surface area contributed by atoms with E-state index < -0.39 is 98.2 Å². The van der Waals surface area contributed by atoms with Crippen LogP contribution in [0.25, 0.3) is 10.8 Å². The van der Waals surface area contributed by atoms with Gasteiger partial charge in [0.25, 0.3) is 5.91 Å². The van der Waals surface area contributed by atoms with Crippen molar-refractivity contribution < 1.29 is 59.7 Å². The van der Waals surface area contributed by atoms with Crippen LogP contribution in [0.3, 0.4) is 0 Å². The second-order valence-electron chi connectivity index (χ2n) is 17.1. The number of carbonyl (C=O) groups excluding carboxylic acids is 3. The fourth-order valence-electron chi connectivity index (χ4n) is 8.31. The van der Waals surface area contributed by atoms with Gasteiger partial charge in [-0.1, -0.05) is 32.4 Å². The number of allylic oxidation sites excluding steroid dienone is 1. The van der Waals surface area contributed by atoms with Gasteiger partial charge in [-0.05, 0) is 89.3 Å². The number of pyridine rings is 1. The maximum atomic E-state index is 15.1. The average Bonchev–Trinajstić information content (AvgIpc) is 4.04. The maximum Gasteiger partial charge on any atom is 0.411 e. The van der Waals surface area contributed by atoms with Gasteiger partial charge in [-0.2, -0.15) is 13.2 Å². The molecule has 19 heteroatoms. The summed E-state index contributed by atoms with van der Waals surface area (Å²) in [5.74, 6) is -5.22. The highest BCUT2D eigenvalue weighted by molar-refractivity contribution is 7.91. The number of nitrogens with zero attached hydrogens (tertiary/aromatic N) is 3. The molecule has 3 heterocycles. The van der Waals surface area contributed by atoms with Gasteiger partial charge in [0.15, 0.2) is 0 Å². The molecule has 2 aromatic rings. The van der Waals surface area contributed by atoms with Crippen LogP contribution in [0.5, 0.6) is 11.6 Å². The van der Waals surface area contributed by atoms with E-state index in [0.29, 0.717) is 45.3 Å². The van der Waals surface area contributed by atoms with Crippen LogP contribution in [-0.4, -0.2) is 106 Å². The Morgan fingerprint density at radius 1 is 1.15 bits per heavy atom. The fraction of sp³-hybridized carbons (Fsp3) is 0.625. The number of hydrogen-bond donors (Lipinski definition) is 3. The Bertz CT molecular complexity index is 2150. The summed E-state index contributed by atoms with van der Waals surface area (Å²) in [6, 6.07) is 0.985. The van der Waals surface area contributed by atoms with Gasteiger partial charge in [0.05, 0.1) is 24.6 Å². The van der Waals surface area contributed by atoms with Crippen LogP contribution in [0.1, 0.15) is 86.0 Å². The molecule has 0 bridgehead atoms. The number of ether oxygens (including phenoxy) is 2. The zero-order valence-electron chi connectivity index (χ0n) is 33.8. The van der Waals surface area contributed by atoms with Gasteiger partial charge >= 0.3 is 12.3 Å². The van der Waals surface area contributed by atoms with Gasteiger partial charge in [-0.25, -0.2) is 22.6 Å². The first kappa shape index (κ1) is 43.9. The Kier molecular flexibility index (Phi) is 11.7. The van der Waals surface area contributed by atoms with Gasteiger partial charge in [0.2, 0.25) is 27.7 Å². The minimum absolute atomic E-state index is 0.0194. The molecule has 4 aliphatic rings. The van der Waals surface area contributed by atoms with Crippen molar-refractivity contribution in [2.45, 2.75) is 126 Å². The predicted molar refractivity (Wildman–Crippen MR) is 206 cm³/mol. The Morgan fingerprint density at radius 2 is 1.85 bits per heavy atom. The molecule has 324 valence electrons. The highest BCUT2D eigenvalue weighted by Gasteiger charge is 2.64. The van der Waals surface area contributed by atoms with Crippen molar-refractivity contribution in [2.24, 2.45) is 17.8 Å². The Labute approximate surface area is 340 Å². The number of sulfonamides is 1. The molecule has 2 aliphatic carbocycles. The molecule has 1 aromatic heterocycles. The molecule has 0 unspecified atom stereocenters. The van der Waals surface area contributed by atoms with Crippen LogP contribution in [-0.2, 0) is 24.4 Å². The molecule has 6 rings (SSSR count). The zero-order chi connectivity index (χ0) is 43.5. The number of carbonyl (C=O) groups is 4. The molecule has 2 saturated carbocycles. The number of fused-ring (bicyclic) bond motifs is 3. The number of halogens is 4. The van der Waals surface area contributed by atoms with E-state index >= 15 is 4.79 Å². The molecule has 0 radical (unpaired) electrons. The molecule has 1 saturated heterocycles. The first-order valence-corrected chi connectivity index (χ1v) is 21.2. The summed E-state index contributed by atoms with van der Waals surface area (Å²) in [5.41, 5.74) is -4.82. The number of aromatic nitrogens is 1. The highest BCUT2D eigenvalue weighted by Crippen LogP contribution is 2.48. The summed E-state index contributed by atoms with van der Waals surface area (Å²) in [7, 11) is -2.75. The van der Waals surface area contributed by atoms with Crippen LogP contribution in [0.4, 0.5) is 22.4 Å². The largest absolute Gasteiger partial charge is 0.497 e. The van der Waals surface area contributed by atoms with Gasteiger partial charge < -0.3 is 24.8 Å². The predicted octanol–water partition coefficient (Wildman–Crippen LogP) is 5.70. The smallest absolute Gasteiger partial charge is 0.411 e. The van der Waals surface area contributed by atoms with E-state index in [1.54, 1.807) is 25.1 Å². The normalized spacial score (nSPS) is 29.2. The number of alkyl halides is 3. The van der Waals surface area contributed by atoms with Gasteiger partial charge in [0.1, 0.15) is 40.8 Å². The van der Waals surface area contributed by atoms with Crippen molar-refractivity contribution in [1.29, 1.82) is 0 Å². The van der Waals surface area contributed by atoms with Crippen molar-refractivity contribution in [2.75, 3.05) is 13.7 Å². The summed E-state index contributed by atoms with van der Waals surface area (Å²) in [6.45, 7) is 5.91. The lowest BCUT2D eigenvalue weighted by molar-refractivity contribution is -0.222. The van der Waals surface area contributed by atoms with E-state index in [1.807, 2.05) is 6.92 Å². The minimum atomic E-state index is -5.12. The number of methoxy groups -OCH3 is 1. The number of nitrogens with one attached hydrogen (secondary N) is 2. The third-order valence-corrected chi connectivity index (χ3v) is 14.8. The Hall–Kier alpha value is -4.68. The summed E-state index contributed by atoms with van der Waals surface area (Å²) >= 11 is 0. The average molecular weight is 854 g/mol. The molecule has 1 aromatic carbocycles. The van der Waals surface area contributed by atoms with Crippen molar-refractivity contribution in [3.63, 3.8) is 0 Å². The minimum Gasteiger partial charge on any atom is -0.497 e. The van der Waals surface area contributed by atoms with Crippen LogP contribution in [0, 0.1) is 23.6 Å². The van der Waals surface area contributed by atoms with E-state index in [9.17, 15) is 45.5 Å². The lowest BCUT2D eigenvalue weighted by Crippen LogP contribution is -2.66. The third-order valence-electron chi connectivity index (χ3n) is 12.6. The van der Waals surface area contributed by atoms with Crippen molar-refractivity contribution >= 4 is 44.6 Å². The molecule has 0 spiro atoms. The number of amides is 4. The zero-order valence-corrected chi connectivity index (χ0v) is 34.6. The van der Waals surface area contributed by atoms with E-state index in [1.165, 1.54) is 26.2 Å². The summed E-state index contributed by atoms with van der Waals surface area (Å²) in [4.78, 5) is 61.9. The maximum absolute atomic E-state index is 15.1. The number of benzene rings is 1. The molecular formula is C40H51F4N5O9S. The van der Waals surface area contributed by atoms with Crippen molar-refractivity contribution in [1.82, 2.24) is 24.8 Å². The van der Waals surface area contributed by atoms with E-state index in [-0.39, 0.29) is 53.2 Å². The Morgan fingerprint density at radius 3 is 2.46 bits per heavy atom. The van der Waals surface area contributed by atoms with E-state index in [0.717, 1.165) is 11.1 Å². The standard InChI is InChI=1S/C40H51F4N5O9S/c1-7-23-16-22(2)10-8-9-11-24-19-39(24,35(52)47-59(55,56)38(5)14-15-38)46-32(50)30-18-26(58-33-27-13-12-25(57-6)17-28(27)29(41)20-45-33)21-48(30)34(51)31(23)49(36(53)54)37(3,4)40(42,43)44/h9,11-13,17,20,22-24,26,30-31H,7-8,10,14-16,18-19,21H2,1-6H3,(H,46,50)(H,47,52)(H,53,54)/b11-9-/t22-,23-,24-,26-,30+,31+,39-/m1/s1. The quantitative estimate of drug-likeness (QED) is 0.209. The first-order valence-electron chi connectivity index (χ1n) is 19.7. The van der Waals surface area contributed by atoms with Crippen molar-refractivity contribution in [3.8, 4) is 11.6 Å². The van der Waals surface area contributed by atoms with E-state index in [2.05, 4.69) is 15.0 Å². The SMILES string of the molecule is CC[C@@H]1C[C@H](C)CC/C=C\[C@@H]2C[C@@]2(C(=O)NS(=O)(=O)C2(C)CC2)NC(=O)[C@@H]2C[C@@H](Oc3ncc(F)c4cc(OC)ccc34)CN2C(=O)[C@H]1N(C(=O)O)C(C)(C)C(F)(F)F. The van der Waals surface area contributed by atoms with Crippen LogP contribution < -0.4 is 19.5 Å². The van der Waals surface area contributed by atoms with Crippen molar-refractivity contribution in [3.05, 3.63) is 42.4 Å². The third kappa shape index (κ3) is 8.27. The molecule has 59 heavy (non-hydrogen) atoms. The fourth-order valence-corrected chi connectivity index (χ4v) is 9.62. The van der Waals surface area contributed by atoms with Gasteiger partial charge in [0, 0.05) is 23.1 Å². The van der Waals surface area contributed by atoms with Crippen LogP contribution in [0.2, 0.25) is 0 Å². The highest BCUT2D eigenvalue weighted by atomic mass is 32.2. The number of hydrogen-bond acceptors (Lipinski definition) is 9. The molecule has 7 atom stereocenters. The second-order valence-corrected chi connectivity index (χ2v) is 19.3. The molecule has 3 fully saturated rings. The van der Waals surface area contributed by atoms with Crippen LogP contribution >= 0.6 is 0 Å². The Balaban J connectivity index is 1.44. The topological polar surface area (TPSA) is 185 Å². The molecule has 3 N–H and O–H groups in total. The first-order chi connectivity index (χ1) is 27.5. The molecular weight excluding hydrogens is 803 g/mol. The number of carboxylic acid groups (broad SMARTS) is 1. The summed E-state index contributed by atoms with van der Waals surface area (Å²) in [5, 5.41) is 13.5. The van der Waals surface area contributed by atoms with E-state index in [4.69, 9.17) is 9.47 Å². The summed E-state index contributed by atoms with van der Waals surface area (Å²) in [6.07, 6.45) is -2.22.